The Labute approximate surface area is 139 Å². The maximum atomic E-state index is 12.6. The van der Waals surface area contributed by atoms with Crippen LogP contribution in [0.1, 0.15) is 36.0 Å². The molecule has 0 fully saturated rings. The Morgan fingerprint density at radius 1 is 1.04 bits per heavy atom. The van der Waals surface area contributed by atoms with Crippen molar-refractivity contribution >= 4 is 5.78 Å². The van der Waals surface area contributed by atoms with Gasteiger partial charge >= 0.3 is 6.18 Å². The predicted molar refractivity (Wildman–Crippen MR) is 86.2 cm³/mol. The monoisotopic (exact) mass is 336 g/mol. The fourth-order valence-corrected chi connectivity index (χ4v) is 2.42. The van der Waals surface area contributed by atoms with Gasteiger partial charge in [-0.2, -0.15) is 13.2 Å². The molecule has 5 heteroatoms. The van der Waals surface area contributed by atoms with Gasteiger partial charge < -0.3 is 4.74 Å². The van der Waals surface area contributed by atoms with Gasteiger partial charge in [-0.3, -0.25) is 4.79 Å². The van der Waals surface area contributed by atoms with Crippen molar-refractivity contribution in [1.82, 2.24) is 0 Å². The van der Waals surface area contributed by atoms with Crippen LogP contribution in [0, 0.1) is 0 Å². The summed E-state index contributed by atoms with van der Waals surface area (Å²) >= 11 is 0. The van der Waals surface area contributed by atoms with Gasteiger partial charge in [0.1, 0.15) is 11.5 Å². The lowest BCUT2D eigenvalue weighted by molar-refractivity contribution is -0.137. The molecule has 0 aliphatic rings. The van der Waals surface area contributed by atoms with Gasteiger partial charge in [0.2, 0.25) is 0 Å². The molecular formula is C19H19F3O2. The van der Waals surface area contributed by atoms with Crippen molar-refractivity contribution in [2.75, 3.05) is 7.11 Å². The molecule has 0 amide bonds. The molecule has 24 heavy (non-hydrogen) atoms. The summed E-state index contributed by atoms with van der Waals surface area (Å²) in [7, 11) is 1.59. The zero-order chi connectivity index (χ0) is 17.7. The maximum absolute atomic E-state index is 12.6. The van der Waals surface area contributed by atoms with Crippen molar-refractivity contribution in [1.29, 1.82) is 0 Å². The first-order valence-electron chi connectivity index (χ1n) is 7.64. The average molecular weight is 336 g/mol. The first-order valence-corrected chi connectivity index (χ1v) is 7.64. The molecule has 2 nitrogen and oxygen atoms in total. The van der Waals surface area contributed by atoms with Gasteiger partial charge in [0.05, 0.1) is 12.7 Å². The van der Waals surface area contributed by atoms with Crippen LogP contribution in [0.2, 0.25) is 0 Å². The van der Waals surface area contributed by atoms with Crippen molar-refractivity contribution in [3.05, 3.63) is 65.2 Å². The Kier molecular flexibility index (Phi) is 5.65. The summed E-state index contributed by atoms with van der Waals surface area (Å²) in [4.78, 5) is 12.3. The van der Waals surface area contributed by atoms with Gasteiger partial charge in [0, 0.05) is 12.3 Å². The summed E-state index contributed by atoms with van der Waals surface area (Å²) < 4.78 is 42.8. The molecule has 0 saturated heterocycles. The molecule has 0 N–H and O–H groups in total. The lowest BCUT2D eigenvalue weighted by Crippen LogP contribution is -2.11. The smallest absolute Gasteiger partial charge is 0.416 e. The quantitative estimate of drug-likeness (QED) is 0.740. The SMILES string of the molecule is COc1ccc(CCC(=O)[C@H](C)c2ccc(C(F)(F)F)cc2)cc1. The van der Waals surface area contributed by atoms with Gasteiger partial charge in [0.25, 0.3) is 0 Å². The molecule has 0 spiro atoms. The van der Waals surface area contributed by atoms with E-state index in [0.29, 0.717) is 18.4 Å². The molecular weight excluding hydrogens is 317 g/mol. The fourth-order valence-electron chi connectivity index (χ4n) is 2.42. The topological polar surface area (TPSA) is 26.3 Å². The second-order valence-electron chi connectivity index (χ2n) is 5.66. The third-order valence-corrected chi connectivity index (χ3v) is 4.04. The average Bonchev–Trinajstić information content (AvgIpc) is 2.58. The molecule has 0 aliphatic heterocycles. The minimum Gasteiger partial charge on any atom is -0.497 e. The molecule has 0 bridgehead atoms. The lowest BCUT2D eigenvalue weighted by atomic mass is 9.92. The van der Waals surface area contributed by atoms with Crippen LogP contribution in [-0.4, -0.2) is 12.9 Å². The number of hydrogen-bond donors (Lipinski definition) is 0. The van der Waals surface area contributed by atoms with E-state index < -0.39 is 17.7 Å². The minimum atomic E-state index is -4.36. The molecule has 0 aromatic heterocycles. The van der Waals surface area contributed by atoms with Gasteiger partial charge in [0.15, 0.2) is 0 Å². The standard InChI is InChI=1S/C19H19F3O2/c1-13(15-6-8-16(9-7-15)19(20,21)22)18(23)12-5-14-3-10-17(24-2)11-4-14/h3-4,6-11,13H,5,12H2,1-2H3/t13-/m1/s1. The molecule has 0 aliphatic carbocycles. The third-order valence-electron chi connectivity index (χ3n) is 4.04. The summed E-state index contributed by atoms with van der Waals surface area (Å²) in [5.74, 6) is 0.333. The van der Waals surface area contributed by atoms with E-state index in [0.717, 1.165) is 23.4 Å². The van der Waals surface area contributed by atoms with Crippen LogP contribution < -0.4 is 4.74 Å². The zero-order valence-corrected chi connectivity index (χ0v) is 13.6. The molecule has 2 rings (SSSR count). The Morgan fingerprint density at radius 2 is 1.62 bits per heavy atom. The van der Waals surface area contributed by atoms with E-state index in [1.165, 1.54) is 12.1 Å². The van der Waals surface area contributed by atoms with Crippen molar-refractivity contribution in [2.45, 2.75) is 31.9 Å². The van der Waals surface area contributed by atoms with E-state index in [-0.39, 0.29) is 5.78 Å². The Balaban J connectivity index is 1.96. The first kappa shape index (κ1) is 18.0. The maximum Gasteiger partial charge on any atom is 0.416 e. The van der Waals surface area contributed by atoms with Crippen LogP contribution in [-0.2, 0) is 17.4 Å². The number of rotatable bonds is 6. The van der Waals surface area contributed by atoms with Crippen LogP contribution >= 0.6 is 0 Å². The second-order valence-corrected chi connectivity index (χ2v) is 5.66. The summed E-state index contributed by atoms with van der Waals surface area (Å²) in [6.07, 6.45) is -3.43. The number of halogens is 3. The van der Waals surface area contributed by atoms with Crippen molar-refractivity contribution < 1.29 is 22.7 Å². The molecule has 2 aromatic carbocycles. The van der Waals surface area contributed by atoms with E-state index in [4.69, 9.17) is 4.74 Å². The predicted octanol–water partition coefficient (Wildman–Crippen LogP) is 5.02. The first-order chi connectivity index (χ1) is 11.3. The number of aryl methyl sites for hydroxylation is 1. The van der Waals surface area contributed by atoms with Gasteiger partial charge in [-0.05, 0) is 41.8 Å². The van der Waals surface area contributed by atoms with Crippen molar-refractivity contribution in [3.8, 4) is 5.75 Å². The van der Waals surface area contributed by atoms with E-state index in [1.807, 2.05) is 24.3 Å². The minimum absolute atomic E-state index is 0.00516. The number of alkyl halides is 3. The van der Waals surface area contributed by atoms with E-state index in [9.17, 15) is 18.0 Å². The van der Waals surface area contributed by atoms with Crippen LogP contribution in [0.15, 0.2) is 48.5 Å². The summed E-state index contributed by atoms with van der Waals surface area (Å²) in [6.45, 7) is 1.72. The molecule has 0 radical (unpaired) electrons. The Hall–Kier alpha value is -2.30. The van der Waals surface area contributed by atoms with Crippen molar-refractivity contribution in [2.24, 2.45) is 0 Å². The van der Waals surface area contributed by atoms with Crippen LogP contribution in [0.5, 0.6) is 5.75 Å². The number of hydrogen-bond acceptors (Lipinski definition) is 2. The molecule has 2 aromatic rings. The number of methoxy groups -OCH3 is 1. The number of carbonyl (C=O) groups excluding carboxylic acids is 1. The molecule has 0 unspecified atom stereocenters. The van der Waals surface area contributed by atoms with E-state index in [1.54, 1.807) is 14.0 Å². The molecule has 0 heterocycles. The van der Waals surface area contributed by atoms with Crippen molar-refractivity contribution in [3.63, 3.8) is 0 Å². The zero-order valence-electron chi connectivity index (χ0n) is 13.6. The highest BCUT2D eigenvalue weighted by Gasteiger charge is 2.30. The summed E-state index contributed by atoms with van der Waals surface area (Å²) in [5, 5.41) is 0. The summed E-state index contributed by atoms with van der Waals surface area (Å²) in [6, 6.07) is 12.2. The van der Waals surface area contributed by atoms with E-state index in [2.05, 4.69) is 0 Å². The molecule has 128 valence electrons. The number of Topliss-reactive ketones (excluding diaryl/α,β-unsaturated/α-hetero) is 1. The largest absolute Gasteiger partial charge is 0.497 e. The van der Waals surface area contributed by atoms with Crippen LogP contribution in [0.25, 0.3) is 0 Å². The number of benzene rings is 2. The van der Waals surface area contributed by atoms with E-state index >= 15 is 0 Å². The highest BCUT2D eigenvalue weighted by Crippen LogP contribution is 2.30. The van der Waals surface area contributed by atoms with Gasteiger partial charge in [-0.15, -0.1) is 0 Å². The fraction of sp³-hybridized carbons (Fsp3) is 0.316. The van der Waals surface area contributed by atoms with Gasteiger partial charge in [-0.25, -0.2) is 0 Å². The lowest BCUT2D eigenvalue weighted by Gasteiger charge is -2.13. The number of ketones is 1. The Bertz CT molecular complexity index is 673. The Morgan fingerprint density at radius 3 is 2.12 bits per heavy atom. The van der Waals surface area contributed by atoms with Gasteiger partial charge in [-0.1, -0.05) is 31.2 Å². The number of carbonyl (C=O) groups is 1. The molecule has 0 saturated carbocycles. The number of ether oxygens (including phenoxy) is 1. The highest BCUT2D eigenvalue weighted by molar-refractivity contribution is 5.85. The molecule has 1 atom stereocenters. The van der Waals surface area contributed by atoms with Crippen LogP contribution in [0.4, 0.5) is 13.2 Å². The summed E-state index contributed by atoms with van der Waals surface area (Å²) in [5.41, 5.74) is 0.913. The van der Waals surface area contributed by atoms with Crippen LogP contribution in [0.3, 0.4) is 0 Å². The normalized spacial score (nSPS) is 12.7. The third kappa shape index (κ3) is 4.60. The highest BCUT2D eigenvalue weighted by atomic mass is 19.4. The second kappa shape index (κ2) is 7.51.